The van der Waals surface area contributed by atoms with E-state index in [1.54, 1.807) is 19.2 Å². The number of hydrogen-bond acceptors (Lipinski definition) is 3. The van der Waals surface area contributed by atoms with Crippen LogP contribution in [-0.2, 0) is 10.3 Å². The Hall–Kier alpha value is -0.770. The quantitative estimate of drug-likeness (QED) is 0.865. The average molecular weight is 243 g/mol. The fourth-order valence-corrected chi connectivity index (χ4v) is 2.15. The van der Waals surface area contributed by atoms with Gasteiger partial charge in [0.2, 0.25) is 0 Å². The first kappa shape index (κ1) is 11.7. The highest BCUT2D eigenvalue weighted by molar-refractivity contribution is 6.32. The van der Waals surface area contributed by atoms with Crippen molar-refractivity contribution in [1.82, 2.24) is 0 Å². The fraction of sp³-hybridized carbons (Fsp3) is 0.500. The maximum absolute atomic E-state index is 10.4. The van der Waals surface area contributed by atoms with Gasteiger partial charge < -0.3 is 14.6 Å². The van der Waals surface area contributed by atoms with Gasteiger partial charge in [0.1, 0.15) is 11.4 Å². The highest BCUT2D eigenvalue weighted by Gasteiger charge is 2.32. The molecule has 0 aromatic heterocycles. The van der Waals surface area contributed by atoms with Crippen LogP contribution in [0.3, 0.4) is 0 Å². The minimum atomic E-state index is -0.907. The first-order valence-corrected chi connectivity index (χ1v) is 5.68. The van der Waals surface area contributed by atoms with Gasteiger partial charge in [-0.25, -0.2) is 0 Å². The van der Waals surface area contributed by atoms with E-state index >= 15 is 0 Å². The molecule has 0 aliphatic carbocycles. The average Bonchev–Trinajstić information content (AvgIpc) is 2.30. The van der Waals surface area contributed by atoms with E-state index in [9.17, 15) is 5.11 Å². The van der Waals surface area contributed by atoms with E-state index < -0.39 is 5.60 Å². The zero-order valence-electron chi connectivity index (χ0n) is 9.20. The van der Waals surface area contributed by atoms with Gasteiger partial charge in [-0.05, 0) is 30.5 Å². The Bertz CT molecular complexity index is 373. The molecule has 1 aliphatic heterocycles. The van der Waals surface area contributed by atoms with E-state index in [1.165, 1.54) is 0 Å². The number of rotatable bonds is 2. The number of methoxy groups -OCH3 is 1. The lowest BCUT2D eigenvalue weighted by molar-refractivity contribution is -0.0903. The second-order valence-electron chi connectivity index (χ2n) is 4.04. The van der Waals surface area contributed by atoms with E-state index in [-0.39, 0.29) is 0 Å². The Kier molecular flexibility index (Phi) is 3.38. The summed E-state index contributed by atoms with van der Waals surface area (Å²) in [6.45, 7) is 1.05. The molecule has 0 amide bonds. The predicted molar refractivity (Wildman–Crippen MR) is 62.0 cm³/mol. The Morgan fingerprint density at radius 3 is 2.94 bits per heavy atom. The summed E-state index contributed by atoms with van der Waals surface area (Å²) >= 11 is 5.94. The summed E-state index contributed by atoms with van der Waals surface area (Å²) < 4.78 is 10.5. The van der Waals surface area contributed by atoms with Gasteiger partial charge >= 0.3 is 0 Å². The van der Waals surface area contributed by atoms with E-state index in [4.69, 9.17) is 21.1 Å². The normalized spacial score (nSPS) is 25.4. The Morgan fingerprint density at radius 2 is 2.31 bits per heavy atom. The molecule has 16 heavy (non-hydrogen) atoms. The first-order chi connectivity index (χ1) is 7.65. The second-order valence-corrected chi connectivity index (χ2v) is 4.44. The maximum Gasteiger partial charge on any atom is 0.137 e. The molecule has 1 aliphatic rings. The van der Waals surface area contributed by atoms with Gasteiger partial charge in [-0.2, -0.15) is 0 Å². The molecule has 1 unspecified atom stereocenters. The van der Waals surface area contributed by atoms with Gasteiger partial charge in [0.05, 0.1) is 18.7 Å². The zero-order valence-corrected chi connectivity index (χ0v) is 9.96. The van der Waals surface area contributed by atoms with Crippen molar-refractivity contribution in [2.24, 2.45) is 0 Å². The van der Waals surface area contributed by atoms with Crippen molar-refractivity contribution >= 4 is 11.6 Å². The fourth-order valence-electron chi connectivity index (χ4n) is 1.96. The lowest BCUT2D eigenvalue weighted by Crippen LogP contribution is -2.35. The minimum absolute atomic E-state index is 0.331. The predicted octanol–water partition coefficient (Wildman–Crippen LogP) is 2.35. The monoisotopic (exact) mass is 242 g/mol. The Morgan fingerprint density at radius 1 is 1.50 bits per heavy atom. The summed E-state index contributed by atoms with van der Waals surface area (Å²) in [7, 11) is 1.56. The van der Waals surface area contributed by atoms with E-state index in [0.717, 1.165) is 12.0 Å². The summed E-state index contributed by atoms with van der Waals surface area (Å²) in [5.74, 6) is 0.582. The standard InChI is InChI=1S/C12H15ClO3/c1-15-11-7-9(3-4-10(11)13)12(14)5-2-6-16-8-12/h3-4,7,14H,2,5-6,8H2,1H3. The van der Waals surface area contributed by atoms with Crippen molar-refractivity contribution in [3.8, 4) is 5.75 Å². The molecule has 1 saturated heterocycles. The summed E-state index contributed by atoms with van der Waals surface area (Å²) in [6.07, 6.45) is 1.57. The molecule has 4 heteroatoms. The van der Waals surface area contributed by atoms with Crippen LogP contribution < -0.4 is 4.74 Å². The zero-order chi connectivity index (χ0) is 11.6. The number of ether oxygens (including phenoxy) is 2. The van der Waals surface area contributed by atoms with Crippen LogP contribution in [0.5, 0.6) is 5.75 Å². The molecule has 3 nitrogen and oxygen atoms in total. The molecule has 1 heterocycles. The molecule has 1 aromatic rings. The minimum Gasteiger partial charge on any atom is -0.495 e. The van der Waals surface area contributed by atoms with E-state index in [1.807, 2.05) is 6.07 Å². The van der Waals surface area contributed by atoms with Crippen molar-refractivity contribution in [3.63, 3.8) is 0 Å². The molecule has 88 valence electrons. The lowest BCUT2D eigenvalue weighted by atomic mass is 9.88. The molecule has 1 aromatic carbocycles. The molecule has 1 atom stereocenters. The third-order valence-corrected chi connectivity index (χ3v) is 3.22. The van der Waals surface area contributed by atoms with Gasteiger partial charge in [0.15, 0.2) is 0 Å². The number of halogens is 1. The number of aliphatic hydroxyl groups is 1. The Balaban J connectivity index is 2.32. The molecule has 1 N–H and O–H groups in total. The molecule has 0 spiro atoms. The molecule has 2 rings (SSSR count). The molecule has 0 saturated carbocycles. The summed E-state index contributed by atoms with van der Waals surface area (Å²) in [5, 5.41) is 11.0. The number of benzene rings is 1. The highest BCUT2D eigenvalue weighted by Crippen LogP contribution is 2.34. The van der Waals surface area contributed by atoms with E-state index in [2.05, 4.69) is 0 Å². The van der Waals surface area contributed by atoms with Crippen LogP contribution in [0.25, 0.3) is 0 Å². The third kappa shape index (κ3) is 2.17. The topological polar surface area (TPSA) is 38.7 Å². The van der Waals surface area contributed by atoms with Gasteiger partial charge in [-0.3, -0.25) is 0 Å². The highest BCUT2D eigenvalue weighted by atomic mass is 35.5. The SMILES string of the molecule is COc1cc(C2(O)CCCOC2)ccc1Cl. The van der Waals surface area contributed by atoms with Crippen molar-refractivity contribution in [2.45, 2.75) is 18.4 Å². The van der Waals surface area contributed by atoms with Gasteiger partial charge in [-0.15, -0.1) is 0 Å². The van der Waals surface area contributed by atoms with Crippen molar-refractivity contribution in [3.05, 3.63) is 28.8 Å². The van der Waals surface area contributed by atoms with Gasteiger partial charge in [0, 0.05) is 6.61 Å². The first-order valence-electron chi connectivity index (χ1n) is 5.30. The van der Waals surface area contributed by atoms with Gasteiger partial charge in [0.25, 0.3) is 0 Å². The van der Waals surface area contributed by atoms with Crippen LogP contribution in [0, 0.1) is 0 Å². The summed E-state index contributed by atoms with van der Waals surface area (Å²) in [4.78, 5) is 0. The van der Waals surface area contributed by atoms with Crippen molar-refractivity contribution < 1.29 is 14.6 Å². The van der Waals surface area contributed by atoms with Crippen molar-refractivity contribution in [2.75, 3.05) is 20.3 Å². The van der Waals surface area contributed by atoms with Crippen LogP contribution in [0.4, 0.5) is 0 Å². The third-order valence-electron chi connectivity index (χ3n) is 2.91. The number of hydrogen-bond donors (Lipinski definition) is 1. The van der Waals surface area contributed by atoms with E-state index in [0.29, 0.717) is 30.4 Å². The Labute approximate surface area is 99.9 Å². The maximum atomic E-state index is 10.4. The van der Waals surface area contributed by atoms with Crippen LogP contribution in [0.15, 0.2) is 18.2 Å². The van der Waals surface area contributed by atoms with Crippen LogP contribution in [0.1, 0.15) is 18.4 Å². The molecule has 0 radical (unpaired) electrons. The summed E-state index contributed by atoms with van der Waals surface area (Å²) in [5.41, 5.74) is -0.107. The second kappa shape index (κ2) is 4.62. The van der Waals surface area contributed by atoms with Crippen LogP contribution in [-0.4, -0.2) is 25.4 Å². The molecular weight excluding hydrogens is 228 g/mol. The van der Waals surface area contributed by atoms with Gasteiger partial charge in [-0.1, -0.05) is 17.7 Å². The largest absolute Gasteiger partial charge is 0.495 e. The van der Waals surface area contributed by atoms with Crippen molar-refractivity contribution in [1.29, 1.82) is 0 Å². The smallest absolute Gasteiger partial charge is 0.137 e. The summed E-state index contributed by atoms with van der Waals surface area (Å²) in [6, 6.07) is 5.33. The van der Waals surface area contributed by atoms with Crippen LogP contribution in [0.2, 0.25) is 5.02 Å². The van der Waals surface area contributed by atoms with Crippen LogP contribution >= 0.6 is 11.6 Å². The lowest BCUT2D eigenvalue weighted by Gasteiger charge is -2.32. The molecular formula is C12H15ClO3. The molecule has 0 bridgehead atoms. The molecule has 1 fully saturated rings.